The molecule has 0 aliphatic rings. The van der Waals surface area contributed by atoms with Gasteiger partial charge in [0.1, 0.15) is 5.82 Å². The fourth-order valence-electron chi connectivity index (χ4n) is 2.41. The second-order valence-electron chi connectivity index (χ2n) is 5.32. The Labute approximate surface area is 131 Å². The van der Waals surface area contributed by atoms with Crippen molar-refractivity contribution in [3.05, 3.63) is 77.6 Å². The smallest absolute Gasteiger partial charge is 0.200 e. The van der Waals surface area contributed by atoms with Gasteiger partial charge in [0.25, 0.3) is 0 Å². The minimum absolute atomic E-state index is 0. The molecule has 24 heavy (non-hydrogen) atoms. The molecule has 0 fully saturated rings. The summed E-state index contributed by atoms with van der Waals surface area (Å²) in [5.41, 5.74) is 2.25. The molecule has 1 N–H and O–H groups in total. The molecular weight excluding hydrogens is 548 g/mol. The van der Waals surface area contributed by atoms with Gasteiger partial charge in [-0.3, -0.25) is 0 Å². The Hall–Kier alpha value is -3.75. The Kier molecular flexibility index (Phi) is 4.27. The van der Waals surface area contributed by atoms with E-state index in [4.69, 9.17) is 5.11 Å². The fourth-order valence-corrected chi connectivity index (χ4v) is 2.41. The normalized spacial score (nSPS) is 10.3. The summed E-state index contributed by atoms with van der Waals surface area (Å²) in [6.45, 7) is 1.94. The van der Waals surface area contributed by atoms with E-state index in [0.29, 0.717) is 11.1 Å². The standard InChI is InChI=1S/C19H13F3O.Cm/c1-11-2-4-12(5-3-11)14-7-6-13(10-16(14)20)15-8-9-17(23)19(22)18(15)21;/h2-10,23H,1H3;. The van der Waals surface area contributed by atoms with Crippen LogP contribution >= 0.6 is 0 Å². The molecule has 0 heterocycles. The molecule has 3 aromatic carbocycles. The zero-order valence-corrected chi connectivity index (χ0v) is 15.6. The van der Waals surface area contributed by atoms with Gasteiger partial charge < -0.3 is 5.11 Å². The van der Waals surface area contributed by atoms with E-state index in [0.717, 1.165) is 17.7 Å². The predicted octanol–water partition coefficient (Wildman–Crippen LogP) is 5.45. The number of hydrogen-bond donors (Lipinski definition) is 1. The molecule has 0 aliphatic heterocycles. The summed E-state index contributed by atoms with van der Waals surface area (Å²) in [6, 6.07) is 13.8. The van der Waals surface area contributed by atoms with Crippen LogP contribution in [0.25, 0.3) is 22.3 Å². The van der Waals surface area contributed by atoms with Gasteiger partial charge in [-0.05, 0) is 36.2 Å². The Morgan fingerprint density at radius 3 is 1.92 bits per heavy atom. The summed E-state index contributed by atoms with van der Waals surface area (Å²) in [6.07, 6.45) is 0. The molecule has 0 saturated carbocycles. The van der Waals surface area contributed by atoms with E-state index < -0.39 is 23.2 Å². The number of hydrogen-bond acceptors (Lipinski definition) is 1. The van der Waals surface area contributed by atoms with Crippen LogP contribution in [0.15, 0.2) is 54.6 Å². The molecular formula is C19H13CmF3O. The molecule has 0 amide bonds. The summed E-state index contributed by atoms with van der Waals surface area (Å²) in [5.74, 6) is -3.85. The minimum atomic E-state index is -1.34. The van der Waals surface area contributed by atoms with Gasteiger partial charge in [-0.25, -0.2) is 8.78 Å². The van der Waals surface area contributed by atoms with Gasteiger partial charge in [-0.15, -0.1) is 0 Å². The zero-order valence-electron chi connectivity index (χ0n) is 12.6. The summed E-state index contributed by atoms with van der Waals surface area (Å²) >= 11 is 0. The number of phenols is 1. The fraction of sp³-hybridized carbons (Fsp3) is 0.0526. The maximum atomic E-state index is 14.4. The predicted molar refractivity (Wildman–Crippen MR) is 83.6 cm³/mol. The van der Waals surface area contributed by atoms with Crippen molar-refractivity contribution in [1.82, 2.24) is 0 Å². The first-order chi connectivity index (χ1) is 11.0. The second kappa shape index (κ2) is 6.16. The van der Waals surface area contributed by atoms with Crippen molar-refractivity contribution in [3.8, 4) is 28.0 Å². The van der Waals surface area contributed by atoms with E-state index in [1.165, 1.54) is 18.2 Å². The van der Waals surface area contributed by atoms with Crippen LogP contribution in [0.4, 0.5) is 13.2 Å². The number of halogens is 3. The topological polar surface area (TPSA) is 20.2 Å². The van der Waals surface area contributed by atoms with Gasteiger partial charge in [0, 0.05) is 11.1 Å². The van der Waals surface area contributed by atoms with Crippen LogP contribution in [0.2, 0.25) is 0 Å². The maximum Gasteiger partial charge on any atom is 0.200 e. The molecule has 124 valence electrons. The summed E-state index contributed by atoms with van der Waals surface area (Å²) < 4.78 is 41.7. The number of aryl methyl sites for hydroxylation is 1. The SMILES string of the molecule is Cc1ccc(-c2ccc(-c3ccc(O)c(F)c3F)cc2F)cc1.[Cm]. The molecule has 0 spiro atoms. The van der Waals surface area contributed by atoms with Gasteiger partial charge >= 0.3 is 0 Å². The molecule has 0 atom stereocenters. The Balaban J connectivity index is 0.00000208. The van der Waals surface area contributed by atoms with E-state index >= 15 is 0 Å². The number of rotatable bonds is 2. The zero-order chi connectivity index (χ0) is 16.6. The van der Waals surface area contributed by atoms with Crippen LogP contribution in [0.5, 0.6) is 5.75 Å². The Morgan fingerprint density at radius 1 is 0.708 bits per heavy atom. The van der Waals surface area contributed by atoms with Crippen LogP contribution in [-0.4, -0.2) is 5.11 Å². The second-order valence-corrected chi connectivity index (χ2v) is 5.32. The van der Waals surface area contributed by atoms with Crippen LogP contribution in [-0.2, 0) is 0 Å². The molecule has 0 aromatic heterocycles. The molecule has 0 aliphatic carbocycles. The Morgan fingerprint density at radius 2 is 1.29 bits per heavy atom. The molecule has 3 aromatic rings. The van der Waals surface area contributed by atoms with Gasteiger partial charge in [0.2, 0.25) is 5.82 Å². The monoisotopic (exact) mass is 557 g/mol. The van der Waals surface area contributed by atoms with E-state index in [1.807, 2.05) is 19.1 Å². The third-order valence-corrected chi connectivity index (χ3v) is 3.70. The van der Waals surface area contributed by atoms with E-state index in [-0.39, 0.29) is 11.1 Å². The minimum Gasteiger partial charge on any atom is -0.505 e. The average Bonchev–Trinajstić information content (AvgIpc) is 2.54. The van der Waals surface area contributed by atoms with Crippen molar-refractivity contribution >= 4 is 0 Å². The van der Waals surface area contributed by atoms with Crippen LogP contribution in [0, 0.1) is 24.4 Å². The quantitative estimate of drug-likeness (QED) is 0.442. The van der Waals surface area contributed by atoms with Crippen LogP contribution < -0.4 is 0 Å². The number of aromatic hydroxyl groups is 1. The molecule has 1 nitrogen and oxygen atoms in total. The molecule has 0 unspecified atom stereocenters. The summed E-state index contributed by atoms with van der Waals surface area (Å²) in [4.78, 5) is 0. The van der Waals surface area contributed by atoms with Crippen LogP contribution in [0.3, 0.4) is 0 Å². The first kappa shape index (κ1) is 16.6. The van der Waals surface area contributed by atoms with Crippen molar-refractivity contribution in [3.63, 3.8) is 0 Å². The van der Waals surface area contributed by atoms with E-state index in [9.17, 15) is 13.2 Å². The van der Waals surface area contributed by atoms with Gasteiger partial charge in [0.05, 0.1) is 0 Å². The first-order valence-electron chi connectivity index (χ1n) is 7.01. The summed E-state index contributed by atoms with van der Waals surface area (Å²) in [5, 5.41) is 9.15. The third kappa shape index (κ3) is 2.77. The maximum absolute atomic E-state index is 14.4. The molecule has 0 radical (unpaired) electrons. The Bertz CT molecular complexity index is 877. The molecule has 3 rings (SSSR count). The first-order valence-corrected chi connectivity index (χ1v) is 7.01. The number of benzene rings is 3. The van der Waals surface area contributed by atoms with E-state index in [1.54, 1.807) is 12.1 Å². The van der Waals surface area contributed by atoms with Gasteiger partial charge in [-0.2, -0.15) is 4.39 Å². The van der Waals surface area contributed by atoms with Crippen molar-refractivity contribution in [2.75, 3.05) is 0 Å². The summed E-state index contributed by atoms with van der Waals surface area (Å²) in [7, 11) is 0. The van der Waals surface area contributed by atoms with Crippen molar-refractivity contribution in [2.45, 2.75) is 6.92 Å². The van der Waals surface area contributed by atoms with Crippen molar-refractivity contribution in [1.29, 1.82) is 0 Å². The number of phenolic OH excluding ortho intramolecular Hbond substituents is 1. The van der Waals surface area contributed by atoms with Gasteiger partial charge in [0.15, 0.2) is 11.6 Å². The molecule has 0 saturated heterocycles. The molecule has 0 bridgehead atoms. The third-order valence-electron chi connectivity index (χ3n) is 3.70. The van der Waals surface area contributed by atoms with Crippen molar-refractivity contribution < 1.29 is 18.3 Å². The van der Waals surface area contributed by atoms with Crippen molar-refractivity contribution in [2.24, 2.45) is 0 Å². The average molecular weight is 561 g/mol. The van der Waals surface area contributed by atoms with Crippen LogP contribution in [0.1, 0.15) is 5.56 Å². The molecule has 5 heteroatoms. The van der Waals surface area contributed by atoms with E-state index in [2.05, 4.69) is 0 Å². The largest absolute Gasteiger partial charge is 0.505 e. The van der Waals surface area contributed by atoms with Gasteiger partial charge in [-0.1, -0.05) is 42.0 Å².